The second-order valence-corrected chi connectivity index (χ2v) is 5.13. The first-order valence-electron chi connectivity index (χ1n) is 6.90. The summed E-state index contributed by atoms with van der Waals surface area (Å²) in [5.74, 6) is -0.581. The molecule has 0 bridgehead atoms. The summed E-state index contributed by atoms with van der Waals surface area (Å²) >= 11 is 0. The summed E-state index contributed by atoms with van der Waals surface area (Å²) in [6.45, 7) is 3.87. The van der Waals surface area contributed by atoms with E-state index in [2.05, 4.69) is 5.32 Å². The molecule has 0 aliphatic carbocycles. The van der Waals surface area contributed by atoms with Crippen LogP contribution in [0.15, 0.2) is 42.5 Å². The SMILES string of the molecule is Cc1cc(C)cc(C(=O)c2ccccc2NC(=O)CC#N)c1. The number of benzene rings is 2. The molecule has 22 heavy (non-hydrogen) atoms. The zero-order chi connectivity index (χ0) is 16.1. The molecule has 2 aromatic rings. The topological polar surface area (TPSA) is 70.0 Å². The Hall–Kier alpha value is -2.93. The maximum Gasteiger partial charge on any atom is 0.238 e. The Morgan fingerprint density at radius 3 is 2.36 bits per heavy atom. The predicted molar refractivity (Wildman–Crippen MR) is 84.7 cm³/mol. The molecule has 1 N–H and O–H groups in total. The van der Waals surface area contributed by atoms with E-state index in [4.69, 9.17) is 5.26 Å². The van der Waals surface area contributed by atoms with Crippen LogP contribution < -0.4 is 5.32 Å². The summed E-state index contributed by atoms with van der Waals surface area (Å²) in [6.07, 6.45) is -0.244. The van der Waals surface area contributed by atoms with E-state index in [1.54, 1.807) is 30.3 Å². The number of hydrogen-bond donors (Lipinski definition) is 1. The van der Waals surface area contributed by atoms with Gasteiger partial charge in [0.2, 0.25) is 5.91 Å². The van der Waals surface area contributed by atoms with Crippen molar-refractivity contribution < 1.29 is 9.59 Å². The van der Waals surface area contributed by atoms with Crippen LogP contribution in [0, 0.1) is 25.2 Å². The molecule has 0 aliphatic heterocycles. The fourth-order valence-corrected chi connectivity index (χ4v) is 2.32. The minimum atomic E-state index is -0.428. The molecule has 0 unspecified atom stereocenters. The first kappa shape index (κ1) is 15.5. The van der Waals surface area contributed by atoms with Gasteiger partial charge in [0.05, 0.1) is 11.8 Å². The minimum absolute atomic E-state index is 0.153. The second-order valence-electron chi connectivity index (χ2n) is 5.13. The maximum absolute atomic E-state index is 12.7. The second kappa shape index (κ2) is 6.68. The van der Waals surface area contributed by atoms with Crippen molar-refractivity contribution in [2.24, 2.45) is 0 Å². The van der Waals surface area contributed by atoms with Crippen molar-refractivity contribution in [3.63, 3.8) is 0 Å². The van der Waals surface area contributed by atoms with Gasteiger partial charge in [-0.2, -0.15) is 5.26 Å². The minimum Gasteiger partial charge on any atom is -0.325 e. The van der Waals surface area contributed by atoms with Crippen LogP contribution in [0.25, 0.3) is 0 Å². The van der Waals surface area contributed by atoms with Gasteiger partial charge >= 0.3 is 0 Å². The molecule has 0 aromatic heterocycles. The lowest BCUT2D eigenvalue weighted by atomic mass is 9.98. The molecule has 2 rings (SSSR count). The Labute approximate surface area is 129 Å². The number of carbonyl (C=O) groups is 2. The summed E-state index contributed by atoms with van der Waals surface area (Å²) in [6, 6.07) is 14.2. The van der Waals surface area contributed by atoms with E-state index in [9.17, 15) is 9.59 Å². The van der Waals surface area contributed by atoms with Crippen LogP contribution in [0.2, 0.25) is 0 Å². The summed E-state index contributed by atoms with van der Waals surface area (Å²) in [7, 11) is 0. The number of para-hydroxylation sites is 1. The van der Waals surface area contributed by atoms with Crippen molar-refractivity contribution in [3.05, 3.63) is 64.7 Å². The number of carbonyl (C=O) groups excluding carboxylic acids is 2. The lowest BCUT2D eigenvalue weighted by Gasteiger charge is -2.10. The van der Waals surface area contributed by atoms with Gasteiger partial charge in [-0.15, -0.1) is 0 Å². The number of rotatable bonds is 4. The smallest absolute Gasteiger partial charge is 0.238 e. The molecular formula is C18H16N2O2. The molecule has 0 saturated heterocycles. The number of nitrogens with zero attached hydrogens (tertiary/aromatic N) is 1. The summed E-state index contributed by atoms with van der Waals surface area (Å²) in [4.78, 5) is 24.3. The molecule has 0 radical (unpaired) electrons. The normalized spacial score (nSPS) is 9.86. The van der Waals surface area contributed by atoms with Crippen molar-refractivity contribution in [2.75, 3.05) is 5.32 Å². The quantitative estimate of drug-likeness (QED) is 0.878. The van der Waals surface area contributed by atoms with E-state index < -0.39 is 5.91 Å². The van der Waals surface area contributed by atoms with Crippen LogP contribution in [-0.4, -0.2) is 11.7 Å². The maximum atomic E-state index is 12.7. The highest BCUT2D eigenvalue weighted by Gasteiger charge is 2.15. The van der Waals surface area contributed by atoms with Gasteiger partial charge in [0.25, 0.3) is 0 Å². The van der Waals surface area contributed by atoms with Crippen LogP contribution in [0.3, 0.4) is 0 Å². The first-order valence-corrected chi connectivity index (χ1v) is 6.90. The Morgan fingerprint density at radius 2 is 1.73 bits per heavy atom. The van der Waals surface area contributed by atoms with Crippen molar-refractivity contribution in [2.45, 2.75) is 20.3 Å². The summed E-state index contributed by atoms with van der Waals surface area (Å²) < 4.78 is 0. The standard InChI is InChI=1S/C18H16N2O2/c1-12-9-13(2)11-14(10-12)18(22)15-5-3-4-6-16(15)20-17(21)7-8-19/h3-6,9-11H,7H2,1-2H3,(H,20,21). The molecule has 4 heteroatoms. The van der Waals surface area contributed by atoms with Crippen LogP contribution in [-0.2, 0) is 4.79 Å². The van der Waals surface area contributed by atoms with Gasteiger partial charge in [-0.05, 0) is 38.1 Å². The summed E-state index contributed by atoms with van der Waals surface area (Å²) in [5.41, 5.74) is 3.44. The van der Waals surface area contributed by atoms with Gasteiger partial charge in [-0.3, -0.25) is 9.59 Å². The van der Waals surface area contributed by atoms with Gasteiger partial charge in [-0.1, -0.05) is 29.3 Å². The zero-order valence-electron chi connectivity index (χ0n) is 12.5. The van der Waals surface area contributed by atoms with E-state index in [0.717, 1.165) is 11.1 Å². The number of nitriles is 1. The molecule has 2 aromatic carbocycles. The number of anilines is 1. The number of hydrogen-bond acceptors (Lipinski definition) is 3. The lowest BCUT2D eigenvalue weighted by Crippen LogP contribution is -2.14. The van der Waals surface area contributed by atoms with Gasteiger partial charge in [-0.25, -0.2) is 0 Å². The van der Waals surface area contributed by atoms with Crippen molar-refractivity contribution >= 4 is 17.4 Å². The van der Waals surface area contributed by atoms with Gasteiger partial charge in [0.1, 0.15) is 6.42 Å². The molecule has 1 amide bonds. The van der Waals surface area contributed by atoms with Crippen molar-refractivity contribution in [1.29, 1.82) is 5.26 Å². The lowest BCUT2D eigenvalue weighted by molar-refractivity contribution is -0.115. The fourth-order valence-electron chi connectivity index (χ4n) is 2.32. The monoisotopic (exact) mass is 292 g/mol. The van der Waals surface area contributed by atoms with E-state index in [1.807, 2.05) is 32.0 Å². The summed E-state index contributed by atoms with van der Waals surface area (Å²) in [5, 5.41) is 11.2. The third-order valence-corrected chi connectivity index (χ3v) is 3.17. The number of nitrogens with one attached hydrogen (secondary N) is 1. The third kappa shape index (κ3) is 3.58. The van der Waals surface area contributed by atoms with Gasteiger partial charge < -0.3 is 5.32 Å². The van der Waals surface area contributed by atoms with Crippen LogP contribution in [0.1, 0.15) is 33.5 Å². The Morgan fingerprint density at radius 1 is 1.09 bits per heavy atom. The van der Waals surface area contributed by atoms with Gasteiger partial charge in [0.15, 0.2) is 5.78 Å². The average molecular weight is 292 g/mol. The molecule has 0 atom stereocenters. The molecule has 0 saturated carbocycles. The fraction of sp³-hybridized carbons (Fsp3) is 0.167. The van der Waals surface area contributed by atoms with E-state index in [-0.39, 0.29) is 12.2 Å². The van der Waals surface area contributed by atoms with Crippen LogP contribution in [0.4, 0.5) is 5.69 Å². The molecular weight excluding hydrogens is 276 g/mol. The van der Waals surface area contributed by atoms with Crippen LogP contribution in [0.5, 0.6) is 0 Å². The molecule has 110 valence electrons. The predicted octanol–water partition coefficient (Wildman–Crippen LogP) is 3.39. The molecule has 0 spiro atoms. The molecule has 4 nitrogen and oxygen atoms in total. The highest BCUT2D eigenvalue weighted by Crippen LogP contribution is 2.21. The highest BCUT2D eigenvalue weighted by molar-refractivity contribution is 6.14. The number of amides is 1. The Bertz CT molecular complexity index is 753. The molecule has 0 fully saturated rings. The zero-order valence-corrected chi connectivity index (χ0v) is 12.5. The highest BCUT2D eigenvalue weighted by atomic mass is 16.1. The van der Waals surface area contributed by atoms with E-state index in [0.29, 0.717) is 16.8 Å². The third-order valence-electron chi connectivity index (χ3n) is 3.17. The largest absolute Gasteiger partial charge is 0.325 e. The number of ketones is 1. The van der Waals surface area contributed by atoms with E-state index in [1.165, 1.54) is 0 Å². The molecule has 0 heterocycles. The van der Waals surface area contributed by atoms with Crippen LogP contribution >= 0.6 is 0 Å². The van der Waals surface area contributed by atoms with Gasteiger partial charge in [0, 0.05) is 11.1 Å². The first-order chi connectivity index (χ1) is 10.5. The van der Waals surface area contributed by atoms with Crippen molar-refractivity contribution in [3.8, 4) is 6.07 Å². The van der Waals surface area contributed by atoms with Crippen molar-refractivity contribution in [1.82, 2.24) is 0 Å². The number of aryl methyl sites for hydroxylation is 2. The van der Waals surface area contributed by atoms with E-state index >= 15 is 0 Å². The average Bonchev–Trinajstić information content (AvgIpc) is 2.46. The Balaban J connectivity index is 2.38. The molecule has 0 aliphatic rings. The Kier molecular flexibility index (Phi) is 4.70.